The second-order valence-corrected chi connectivity index (χ2v) is 6.98. The van der Waals surface area contributed by atoms with Gasteiger partial charge in [0.2, 0.25) is 0 Å². The summed E-state index contributed by atoms with van der Waals surface area (Å²) in [6.07, 6.45) is 5.34. The molecule has 0 spiro atoms. The number of nitrogens with one attached hydrogen (secondary N) is 1. The number of rotatable bonds is 9. The first kappa shape index (κ1) is 18.6. The van der Waals surface area contributed by atoms with Crippen molar-refractivity contribution in [2.45, 2.75) is 33.2 Å². The third-order valence-corrected chi connectivity index (χ3v) is 3.83. The van der Waals surface area contributed by atoms with Crippen molar-refractivity contribution in [3.05, 3.63) is 59.2 Å². The maximum absolute atomic E-state index is 11.1. The Morgan fingerprint density at radius 3 is 2.45 bits per heavy atom. The smallest absolute Gasteiger partial charge is 0.268 e. The Bertz CT molecular complexity index is 600. The first-order valence-corrected chi connectivity index (χ1v) is 8.99. The normalized spacial score (nSPS) is 12.2. The van der Waals surface area contributed by atoms with Gasteiger partial charge in [-0.3, -0.25) is 4.55 Å². The first-order valence-electron chi connectivity index (χ1n) is 7.38. The van der Waals surface area contributed by atoms with Crippen molar-refractivity contribution in [1.29, 1.82) is 0 Å². The highest BCUT2D eigenvalue weighted by molar-refractivity contribution is 7.85. The van der Waals surface area contributed by atoms with E-state index in [2.05, 4.69) is 11.4 Å². The van der Waals surface area contributed by atoms with Gasteiger partial charge < -0.3 is 5.32 Å². The fraction of sp³-hybridized carbons (Fsp3) is 0.412. The third-order valence-electron chi connectivity index (χ3n) is 3.09. The summed E-state index contributed by atoms with van der Waals surface area (Å²) in [5.41, 5.74) is 3.12. The van der Waals surface area contributed by atoms with Gasteiger partial charge in [-0.1, -0.05) is 53.6 Å². The minimum absolute atomic E-state index is 0.295. The molecule has 0 unspecified atom stereocenters. The van der Waals surface area contributed by atoms with E-state index in [0.29, 0.717) is 13.0 Å². The van der Waals surface area contributed by atoms with Crippen molar-refractivity contribution in [3.8, 4) is 0 Å². The van der Waals surface area contributed by atoms with Gasteiger partial charge in [0.1, 0.15) is 0 Å². The van der Waals surface area contributed by atoms with E-state index >= 15 is 0 Å². The summed E-state index contributed by atoms with van der Waals surface area (Å²) in [5.74, 6) is -0.295. The van der Waals surface area contributed by atoms with Crippen molar-refractivity contribution in [3.63, 3.8) is 0 Å². The van der Waals surface area contributed by atoms with Crippen LogP contribution in [0.4, 0.5) is 0 Å². The number of hydrogen-bond acceptors (Lipinski definition) is 3. The van der Waals surface area contributed by atoms with Crippen molar-refractivity contribution in [1.82, 2.24) is 5.32 Å². The molecule has 1 aromatic rings. The second kappa shape index (κ2) is 9.56. The molecule has 122 valence electrons. The summed E-state index contributed by atoms with van der Waals surface area (Å²) in [7, 11) is -3.98. The Hall–Kier alpha value is -1.43. The zero-order chi connectivity index (χ0) is 16.4. The van der Waals surface area contributed by atoms with Crippen LogP contribution in [0.15, 0.2) is 53.6 Å². The predicted molar refractivity (Wildman–Crippen MR) is 91.3 cm³/mol. The van der Waals surface area contributed by atoms with Crippen LogP contribution in [0, 0.1) is 0 Å². The minimum Gasteiger partial charge on any atom is -0.309 e. The summed E-state index contributed by atoms with van der Waals surface area (Å²) < 4.78 is 31.2. The Labute approximate surface area is 133 Å². The zero-order valence-electron chi connectivity index (χ0n) is 13.2. The molecule has 0 aliphatic rings. The van der Waals surface area contributed by atoms with Crippen LogP contribution in [0.5, 0.6) is 0 Å². The van der Waals surface area contributed by atoms with Crippen LogP contribution in [-0.2, 0) is 16.7 Å². The van der Waals surface area contributed by atoms with Gasteiger partial charge in [-0.15, -0.1) is 0 Å². The molecule has 5 heteroatoms. The SMILES string of the molecule is CC(C)=CCC/C(=C/CNCc1ccccc1)CS(=O)(=O)O. The zero-order valence-corrected chi connectivity index (χ0v) is 14.1. The lowest BCUT2D eigenvalue weighted by atomic mass is 10.1. The molecule has 22 heavy (non-hydrogen) atoms. The molecule has 0 atom stereocenters. The van der Waals surface area contributed by atoms with Gasteiger partial charge >= 0.3 is 0 Å². The van der Waals surface area contributed by atoms with E-state index < -0.39 is 10.1 Å². The Morgan fingerprint density at radius 1 is 1.18 bits per heavy atom. The van der Waals surface area contributed by atoms with Crippen molar-refractivity contribution < 1.29 is 13.0 Å². The van der Waals surface area contributed by atoms with Crippen LogP contribution in [-0.4, -0.2) is 25.3 Å². The highest BCUT2D eigenvalue weighted by Crippen LogP contribution is 2.10. The molecule has 0 saturated heterocycles. The van der Waals surface area contributed by atoms with Crippen molar-refractivity contribution >= 4 is 10.1 Å². The van der Waals surface area contributed by atoms with Gasteiger partial charge in [0.15, 0.2) is 0 Å². The number of benzene rings is 1. The molecule has 0 radical (unpaired) electrons. The molecular formula is C17H25NO3S. The molecule has 1 rings (SSSR count). The lowest BCUT2D eigenvalue weighted by molar-refractivity contribution is 0.485. The van der Waals surface area contributed by atoms with Gasteiger partial charge in [0.25, 0.3) is 10.1 Å². The maximum Gasteiger partial charge on any atom is 0.268 e. The second-order valence-electron chi connectivity index (χ2n) is 5.53. The fourth-order valence-electron chi connectivity index (χ4n) is 2.04. The van der Waals surface area contributed by atoms with Crippen molar-refractivity contribution in [2.75, 3.05) is 12.3 Å². The van der Waals surface area contributed by atoms with Crippen LogP contribution in [0.2, 0.25) is 0 Å². The highest BCUT2D eigenvalue weighted by atomic mass is 32.2. The maximum atomic E-state index is 11.1. The van der Waals surface area contributed by atoms with Gasteiger partial charge in [0.05, 0.1) is 5.75 Å². The van der Waals surface area contributed by atoms with E-state index in [1.807, 2.05) is 50.3 Å². The third kappa shape index (κ3) is 9.50. The van der Waals surface area contributed by atoms with Crippen LogP contribution in [0.1, 0.15) is 32.3 Å². The van der Waals surface area contributed by atoms with Crippen molar-refractivity contribution in [2.24, 2.45) is 0 Å². The summed E-state index contributed by atoms with van der Waals surface area (Å²) in [4.78, 5) is 0. The van der Waals surface area contributed by atoms with E-state index in [1.165, 1.54) is 11.1 Å². The molecule has 0 fully saturated rings. The predicted octanol–water partition coefficient (Wildman–Crippen LogP) is 3.34. The Morgan fingerprint density at radius 2 is 1.86 bits per heavy atom. The van der Waals surface area contributed by atoms with Gasteiger partial charge in [0, 0.05) is 13.1 Å². The molecular weight excluding hydrogens is 298 g/mol. The lowest BCUT2D eigenvalue weighted by Crippen LogP contribution is -2.15. The molecule has 0 saturated carbocycles. The molecule has 0 aliphatic heterocycles. The van der Waals surface area contributed by atoms with E-state index in [9.17, 15) is 8.42 Å². The quantitative estimate of drug-likeness (QED) is 0.415. The molecule has 4 nitrogen and oxygen atoms in total. The molecule has 0 bridgehead atoms. The minimum atomic E-state index is -3.98. The largest absolute Gasteiger partial charge is 0.309 e. The molecule has 0 aromatic heterocycles. The topological polar surface area (TPSA) is 66.4 Å². The average Bonchev–Trinajstić information content (AvgIpc) is 2.42. The van der Waals surface area contributed by atoms with E-state index in [-0.39, 0.29) is 5.75 Å². The fourth-order valence-corrected chi connectivity index (χ4v) is 2.77. The molecule has 0 aliphatic carbocycles. The van der Waals surface area contributed by atoms with Gasteiger partial charge in [-0.25, -0.2) is 0 Å². The van der Waals surface area contributed by atoms with Gasteiger partial charge in [-0.05, 0) is 32.3 Å². The monoisotopic (exact) mass is 323 g/mol. The molecule has 0 heterocycles. The lowest BCUT2D eigenvalue weighted by Gasteiger charge is -2.06. The van der Waals surface area contributed by atoms with Gasteiger partial charge in [-0.2, -0.15) is 8.42 Å². The Kier molecular flexibility index (Phi) is 8.09. The summed E-state index contributed by atoms with van der Waals surface area (Å²) in [5, 5.41) is 3.25. The molecule has 2 N–H and O–H groups in total. The van der Waals surface area contributed by atoms with Crippen LogP contribution in [0.25, 0.3) is 0 Å². The molecule has 1 aromatic carbocycles. The van der Waals surface area contributed by atoms with E-state index in [0.717, 1.165) is 18.5 Å². The summed E-state index contributed by atoms with van der Waals surface area (Å²) in [6.45, 7) is 5.32. The summed E-state index contributed by atoms with van der Waals surface area (Å²) in [6, 6.07) is 10.00. The van der Waals surface area contributed by atoms with E-state index in [4.69, 9.17) is 4.55 Å². The first-order chi connectivity index (χ1) is 10.4. The van der Waals surface area contributed by atoms with E-state index in [1.54, 1.807) is 0 Å². The average molecular weight is 323 g/mol. The highest BCUT2D eigenvalue weighted by Gasteiger charge is 2.08. The van der Waals surface area contributed by atoms with Crippen LogP contribution in [0.3, 0.4) is 0 Å². The standard InChI is InChI=1S/C17H25NO3S/c1-15(2)7-6-10-17(14-22(19,20)21)11-12-18-13-16-8-4-3-5-9-16/h3-5,7-9,11,18H,6,10,12-14H2,1-2H3,(H,19,20,21)/b17-11-. The number of allylic oxidation sites excluding steroid dienone is 2. The Balaban J connectivity index is 2.52. The molecule has 0 amide bonds. The number of hydrogen-bond donors (Lipinski definition) is 2. The van der Waals surface area contributed by atoms with Crippen LogP contribution >= 0.6 is 0 Å². The van der Waals surface area contributed by atoms with Crippen LogP contribution < -0.4 is 5.32 Å². The summed E-state index contributed by atoms with van der Waals surface area (Å²) >= 11 is 0.